The molecule has 2 N–H and O–H groups in total. The van der Waals surface area contributed by atoms with E-state index in [1.807, 2.05) is 0 Å². The number of benzene rings is 1. The van der Waals surface area contributed by atoms with Crippen molar-refractivity contribution in [1.82, 2.24) is 10.2 Å². The third-order valence-corrected chi connectivity index (χ3v) is 3.73. The molecule has 0 amide bonds. The predicted molar refractivity (Wildman–Crippen MR) is 74.8 cm³/mol. The van der Waals surface area contributed by atoms with E-state index in [0.717, 1.165) is 26.2 Å². The molecule has 2 rings (SSSR count). The van der Waals surface area contributed by atoms with Crippen molar-refractivity contribution in [3.8, 4) is 0 Å². The van der Waals surface area contributed by atoms with Crippen LogP contribution in [-0.4, -0.2) is 42.8 Å². The molecule has 18 heavy (non-hydrogen) atoms. The Bertz CT molecular complexity index is 373. The summed E-state index contributed by atoms with van der Waals surface area (Å²) in [6.45, 7) is 8.66. The molecule has 1 atom stereocenters. The molecule has 0 aromatic heterocycles. The largest absolute Gasteiger partial charge is 0.394 e. The van der Waals surface area contributed by atoms with Crippen LogP contribution in [0.25, 0.3) is 0 Å². The normalized spacial score (nSPS) is 19.1. The lowest BCUT2D eigenvalue weighted by molar-refractivity contribution is 0.111. The van der Waals surface area contributed by atoms with Crippen LogP contribution in [-0.2, 0) is 0 Å². The van der Waals surface area contributed by atoms with Crippen molar-refractivity contribution in [1.29, 1.82) is 0 Å². The molecule has 3 heteroatoms. The number of nitrogens with one attached hydrogen (secondary N) is 1. The SMILES string of the molecule is CC(C)c1cccc([C@@H](CO)N2CCNCC2)c1. The van der Waals surface area contributed by atoms with E-state index in [9.17, 15) is 5.11 Å². The summed E-state index contributed by atoms with van der Waals surface area (Å²) in [6, 6.07) is 8.80. The average Bonchev–Trinajstić information content (AvgIpc) is 2.41. The van der Waals surface area contributed by atoms with Crippen molar-refractivity contribution in [2.24, 2.45) is 0 Å². The summed E-state index contributed by atoms with van der Waals surface area (Å²) in [4.78, 5) is 2.37. The van der Waals surface area contributed by atoms with Gasteiger partial charge in [-0.25, -0.2) is 0 Å². The van der Waals surface area contributed by atoms with Gasteiger partial charge in [0.25, 0.3) is 0 Å². The molecule has 3 nitrogen and oxygen atoms in total. The number of nitrogens with zero attached hydrogens (tertiary/aromatic N) is 1. The Morgan fingerprint density at radius 3 is 2.50 bits per heavy atom. The van der Waals surface area contributed by atoms with Gasteiger partial charge in [-0.15, -0.1) is 0 Å². The van der Waals surface area contributed by atoms with Crippen molar-refractivity contribution in [3.05, 3.63) is 35.4 Å². The van der Waals surface area contributed by atoms with Crippen molar-refractivity contribution >= 4 is 0 Å². The Hall–Kier alpha value is -0.900. The fourth-order valence-electron chi connectivity index (χ4n) is 2.55. The summed E-state index contributed by atoms with van der Waals surface area (Å²) < 4.78 is 0. The third kappa shape index (κ3) is 3.10. The van der Waals surface area contributed by atoms with Gasteiger partial charge in [-0.3, -0.25) is 4.90 Å². The van der Waals surface area contributed by atoms with E-state index in [4.69, 9.17) is 0 Å². The van der Waals surface area contributed by atoms with Crippen LogP contribution in [0.3, 0.4) is 0 Å². The molecule has 0 radical (unpaired) electrons. The summed E-state index contributed by atoms with van der Waals surface area (Å²) in [6.07, 6.45) is 0. The summed E-state index contributed by atoms with van der Waals surface area (Å²) >= 11 is 0. The van der Waals surface area contributed by atoms with Crippen LogP contribution < -0.4 is 5.32 Å². The van der Waals surface area contributed by atoms with Crippen LogP contribution in [0.4, 0.5) is 0 Å². The highest BCUT2D eigenvalue weighted by molar-refractivity contribution is 5.28. The molecule has 1 aromatic rings. The number of aliphatic hydroxyl groups is 1. The van der Waals surface area contributed by atoms with Gasteiger partial charge in [0.2, 0.25) is 0 Å². The number of aliphatic hydroxyl groups excluding tert-OH is 1. The zero-order valence-electron chi connectivity index (χ0n) is 11.4. The average molecular weight is 248 g/mol. The smallest absolute Gasteiger partial charge is 0.0628 e. The second-order valence-corrected chi connectivity index (χ2v) is 5.31. The summed E-state index contributed by atoms with van der Waals surface area (Å²) in [5.41, 5.74) is 2.59. The third-order valence-electron chi connectivity index (χ3n) is 3.73. The minimum atomic E-state index is 0.144. The number of rotatable bonds is 4. The summed E-state index contributed by atoms with van der Waals surface area (Å²) in [5.74, 6) is 0.535. The van der Waals surface area contributed by atoms with Crippen molar-refractivity contribution in [2.75, 3.05) is 32.8 Å². The molecular weight excluding hydrogens is 224 g/mol. The summed E-state index contributed by atoms with van der Waals surface area (Å²) in [5, 5.41) is 13.1. The maximum Gasteiger partial charge on any atom is 0.0628 e. The van der Waals surface area contributed by atoms with E-state index in [1.165, 1.54) is 11.1 Å². The van der Waals surface area contributed by atoms with Gasteiger partial charge < -0.3 is 10.4 Å². The molecule has 1 aromatic carbocycles. The fraction of sp³-hybridized carbons (Fsp3) is 0.600. The van der Waals surface area contributed by atoms with Gasteiger partial charge in [0, 0.05) is 26.2 Å². The maximum absolute atomic E-state index is 9.70. The predicted octanol–water partition coefficient (Wildman–Crippen LogP) is 1.75. The highest BCUT2D eigenvalue weighted by atomic mass is 16.3. The number of piperazine rings is 1. The summed E-state index contributed by atoms with van der Waals surface area (Å²) in [7, 11) is 0. The van der Waals surface area contributed by atoms with Crippen LogP contribution in [0.2, 0.25) is 0 Å². The molecule has 100 valence electrons. The minimum absolute atomic E-state index is 0.144. The Morgan fingerprint density at radius 1 is 1.22 bits per heavy atom. The monoisotopic (exact) mass is 248 g/mol. The second-order valence-electron chi connectivity index (χ2n) is 5.31. The Balaban J connectivity index is 2.18. The van der Waals surface area contributed by atoms with Crippen LogP contribution in [0.15, 0.2) is 24.3 Å². The molecule has 1 aliphatic rings. The standard InChI is InChI=1S/C15H24N2O/c1-12(2)13-4-3-5-14(10-13)15(11-18)17-8-6-16-7-9-17/h3-5,10,12,15-16,18H,6-9,11H2,1-2H3/t15-/m1/s1. The first kappa shape index (κ1) is 13.5. The van der Waals surface area contributed by atoms with Crippen LogP contribution in [0, 0.1) is 0 Å². The Kier molecular flexibility index (Phi) is 4.75. The van der Waals surface area contributed by atoms with E-state index in [2.05, 4.69) is 48.3 Å². The van der Waals surface area contributed by atoms with Gasteiger partial charge in [-0.2, -0.15) is 0 Å². The lowest BCUT2D eigenvalue weighted by Crippen LogP contribution is -2.46. The van der Waals surface area contributed by atoms with Crippen molar-refractivity contribution in [2.45, 2.75) is 25.8 Å². The van der Waals surface area contributed by atoms with Crippen molar-refractivity contribution in [3.63, 3.8) is 0 Å². The maximum atomic E-state index is 9.70. The molecular formula is C15H24N2O. The van der Waals surface area contributed by atoms with Crippen LogP contribution in [0.5, 0.6) is 0 Å². The quantitative estimate of drug-likeness (QED) is 0.852. The van der Waals surface area contributed by atoms with Gasteiger partial charge in [-0.1, -0.05) is 38.1 Å². The first-order valence-electron chi connectivity index (χ1n) is 6.88. The lowest BCUT2D eigenvalue weighted by atomic mass is 9.97. The molecule has 0 unspecified atom stereocenters. The second kappa shape index (κ2) is 6.32. The number of hydrogen-bond donors (Lipinski definition) is 2. The van der Waals surface area contributed by atoms with Crippen molar-refractivity contribution < 1.29 is 5.11 Å². The number of hydrogen-bond acceptors (Lipinski definition) is 3. The molecule has 1 saturated heterocycles. The lowest BCUT2D eigenvalue weighted by Gasteiger charge is -2.34. The van der Waals surface area contributed by atoms with Gasteiger partial charge in [-0.05, 0) is 17.0 Å². The zero-order chi connectivity index (χ0) is 13.0. The van der Waals surface area contributed by atoms with E-state index in [-0.39, 0.29) is 12.6 Å². The Labute approximate surface area is 110 Å². The highest BCUT2D eigenvalue weighted by Gasteiger charge is 2.21. The first-order valence-corrected chi connectivity index (χ1v) is 6.88. The molecule has 1 fully saturated rings. The van der Waals surface area contributed by atoms with E-state index in [1.54, 1.807) is 0 Å². The van der Waals surface area contributed by atoms with Crippen LogP contribution >= 0.6 is 0 Å². The molecule has 0 bridgehead atoms. The fourth-order valence-corrected chi connectivity index (χ4v) is 2.55. The van der Waals surface area contributed by atoms with Crippen LogP contribution in [0.1, 0.15) is 36.9 Å². The van der Waals surface area contributed by atoms with E-state index in [0.29, 0.717) is 5.92 Å². The minimum Gasteiger partial charge on any atom is -0.394 e. The Morgan fingerprint density at radius 2 is 1.89 bits per heavy atom. The molecule has 0 spiro atoms. The highest BCUT2D eigenvalue weighted by Crippen LogP contribution is 2.24. The molecule has 0 aliphatic carbocycles. The van der Waals surface area contributed by atoms with E-state index < -0.39 is 0 Å². The van der Waals surface area contributed by atoms with Gasteiger partial charge >= 0.3 is 0 Å². The molecule has 1 heterocycles. The molecule has 1 aliphatic heterocycles. The van der Waals surface area contributed by atoms with Gasteiger partial charge in [0.15, 0.2) is 0 Å². The van der Waals surface area contributed by atoms with E-state index >= 15 is 0 Å². The first-order chi connectivity index (χ1) is 8.72. The van der Waals surface area contributed by atoms with Gasteiger partial charge in [0.1, 0.15) is 0 Å². The van der Waals surface area contributed by atoms with Gasteiger partial charge in [0.05, 0.1) is 12.6 Å². The zero-order valence-corrected chi connectivity index (χ0v) is 11.4. The topological polar surface area (TPSA) is 35.5 Å². The molecule has 0 saturated carbocycles.